The van der Waals surface area contributed by atoms with Crippen LogP contribution in [0.15, 0.2) is 29.9 Å². The third-order valence-electron chi connectivity index (χ3n) is 3.36. The number of carbonyl (C=O) groups is 1. The predicted molar refractivity (Wildman–Crippen MR) is 84.7 cm³/mol. The van der Waals surface area contributed by atoms with Crippen LogP contribution in [0.5, 0.6) is 0 Å². The summed E-state index contributed by atoms with van der Waals surface area (Å²) in [5.74, 6) is -0.0603. The molecule has 22 heavy (non-hydrogen) atoms. The van der Waals surface area contributed by atoms with E-state index in [4.69, 9.17) is 4.74 Å². The van der Waals surface area contributed by atoms with Crippen molar-refractivity contribution in [3.8, 4) is 10.6 Å². The minimum absolute atomic E-state index is 0.0603. The Morgan fingerprint density at radius 1 is 1.55 bits per heavy atom. The van der Waals surface area contributed by atoms with Gasteiger partial charge in [-0.25, -0.2) is 4.98 Å². The van der Waals surface area contributed by atoms with Gasteiger partial charge in [-0.1, -0.05) is 0 Å². The van der Waals surface area contributed by atoms with Crippen LogP contribution in [0.4, 0.5) is 0 Å². The molecule has 0 bridgehead atoms. The average Bonchev–Trinajstić information content (AvgIpc) is 3.05. The second-order valence-corrected chi connectivity index (χ2v) is 5.85. The fourth-order valence-electron chi connectivity index (χ4n) is 2.21. The first-order valence-electron chi connectivity index (χ1n) is 7.28. The first-order chi connectivity index (χ1) is 10.8. The Morgan fingerprint density at radius 2 is 2.50 bits per heavy atom. The second-order valence-electron chi connectivity index (χ2n) is 4.99. The molecule has 1 fully saturated rings. The van der Waals surface area contributed by atoms with Gasteiger partial charge in [-0.3, -0.25) is 9.78 Å². The second kappa shape index (κ2) is 7.44. The zero-order valence-electron chi connectivity index (χ0n) is 12.1. The minimum Gasteiger partial charge on any atom is -0.366 e. The van der Waals surface area contributed by atoms with E-state index in [0.29, 0.717) is 26.1 Å². The Morgan fingerprint density at radius 3 is 3.27 bits per heavy atom. The Kier molecular flexibility index (Phi) is 5.10. The van der Waals surface area contributed by atoms with E-state index in [-0.39, 0.29) is 12.0 Å². The lowest BCUT2D eigenvalue weighted by Gasteiger charge is -2.22. The van der Waals surface area contributed by atoms with E-state index in [1.165, 1.54) is 0 Å². The third kappa shape index (κ3) is 3.88. The monoisotopic (exact) mass is 318 g/mol. The van der Waals surface area contributed by atoms with Crippen molar-refractivity contribution in [2.24, 2.45) is 0 Å². The van der Waals surface area contributed by atoms with Crippen molar-refractivity contribution in [3.63, 3.8) is 0 Å². The highest BCUT2D eigenvalue weighted by Gasteiger charge is 2.21. The topological polar surface area (TPSA) is 76.1 Å². The molecule has 0 radical (unpaired) electrons. The van der Waals surface area contributed by atoms with Gasteiger partial charge in [0.25, 0.3) is 0 Å². The summed E-state index contributed by atoms with van der Waals surface area (Å²) < 4.78 is 5.41. The molecule has 3 rings (SSSR count). The molecule has 1 aliphatic heterocycles. The summed E-state index contributed by atoms with van der Waals surface area (Å²) in [7, 11) is 0. The maximum Gasteiger partial charge on any atom is 0.250 e. The summed E-state index contributed by atoms with van der Waals surface area (Å²) in [4.78, 5) is 20.6. The number of nitrogens with one attached hydrogen (secondary N) is 2. The molecule has 2 aromatic rings. The highest BCUT2D eigenvalue weighted by atomic mass is 32.1. The van der Waals surface area contributed by atoms with E-state index in [2.05, 4.69) is 20.6 Å². The number of thiazole rings is 1. The Labute approximate surface area is 132 Å². The van der Waals surface area contributed by atoms with Crippen molar-refractivity contribution in [2.45, 2.75) is 12.5 Å². The highest BCUT2D eigenvalue weighted by molar-refractivity contribution is 7.13. The molecule has 0 aliphatic carbocycles. The number of pyridine rings is 1. The van der Waals surface area contributed by atoms with Crippen LogP contribution < -0.4 is 10.6 Å². The standard InChI is InChI=1S/C15H18N4O2S/c20-14(13-9-17-6-7-21-13)18-5-3-12-10-22-15(19-12)11-2-1-4-16-8-11/h1-2,4,8,10,13,17H,3,5-7,9H2,(H,18,20)/t13-/m0/s1. The smallest absolute Gasteiger partial charge is 0.250 e. The van der Waals surface area contributed by atoms with E-state index in [9.17, 15) is 4.79 Å². The van der Waals surface area contributed by atoms with E-state index in [1.54, 1.807) is 23.7 Å². The zero-order chi connectivity index (χ0) is 15.2. The van der Waals surface area contributed by atoms with Gasteiger partial charge in [0.2, 0.25) is 5.91 Å². The fraction of sp³-hybridized carbons (Fsp3) is 0.400. The quantitative estimate of drug-likeness (QED) is 0.855. The van der Waals surface area contributed by atoms with Crippen LogP contribution in [-0.4, -0.2) is 48.2 Å². The van der Waals surface area contributed by atoms with E-state index < -0.39 is 0 Å². The lowest BCUT2D eigenvalue weighted by molar-refractivity contribution is -0.134. The van der Waals surface area contributed by atoms with Crippen LogP contribution in [-0.2, 0) is 16.0 Å². The Hall–Kier alpha value is -1.83. The molecule has 1 atom stereocenters. The largest absolute Gasteiger partial charge is 0.366 e. The Bertz CT molecular complexity index is 611. The summed E-state index contributed by atoms with van der Waals surface area (Å²) in [6, 6.07) is 3.89. The summed E-state index contributed by atoms with van der Waals surface area (Å²) in [6.45, 7) is 2.53. The molecule has 1 amide bonds. The van der Waals surface area contributed by atoms with Crippen molar-refractivity contribution in [2.75, 3.05) is 26.2 Å². The molecule has 0 aromatic carbocycles. The van der Waals surface area contributed by atoms with Crippen LogP contribution in [0.1, 0.15) is 5.69 Å². The minimum atomic E-state index is -0.380. The normalized spacial score (nSPS) is 18.1. The van der Waals surface area contributed by atoms with Gasteiger partial charge in [-0.2, -0.15) is 0 Å². The number of hydrogen-bond acceptors (Lipinski definition) is 6. The van der Waals surface area contributed by atoms with Gasteiger partial charge in [0.05, 0.1) is 12.3 Å². The summed E-state index contributed by atoms with van der Waals surface area (Å²) >= 11 is 1.59. The number of morpholine rings is 1. The Balaban J connectivity index is 1.48. The lowest BCUT2D eigenvalue weighted by Crippen LogP contribution is -2.48. The molecule has 0 saturated carbocycles. The molecule has 7 heteroatoms. The molecular weight excluding hydrogens is 300 g/mol. The summed E-state index contributed by atoms with van der Waals surface area (Å²) in [5, 5.41) is 9.02. The van der Waals surface area contributed by atoms with Crippen molar-refractivity contribution in [1.29, 1.82) is 0 Å². The van der Waals surface area contributed by atoms with E-state index in [1.807, 2.05) is 17.5 Å². The zero-order valence-corrected chi connectivity index (χ0v) is 12.9. The number of nitrogens with zero attached hydrogens (tertiary/aromatic N) is 2. The van der Waals surface area contributed by atoms with Crippen LogP contribution >= 0.6 is 11.3 Å². The van der Waals surface area contributed by atoms with E-state index >= 15 is 0 Å². The van der Waals surface area contributed by atoms with Gasteiger partial charge in [0, 0.05) is 49.4 Å². The first kappa shape index (κ1) is 15.1. The molecule has 6 nitrogen and oxygen atoms in total. The first-order valence-corrected chi connectivity index (χ1v) is 8.16. The SMILES string of the molecule is O=C(NCCc1csc(-c2cccnc2)n1)[C@@H]1CNCCO1. The van der Waals surface area contributed by atoms with Gasteiger partial charge >= 0.3 is 0 Å². The van der Waals surface area contributed by atoms with Gasteiger partial charge in [0.15, 0.2) is 0 Å². The maximum absolute atomic E-state index is 11.9. The molecule has 2 aromatic heterocycles. The lowest BCUT2D eigenvalue weighted by atomic mass is 10.2. The van der Waals surface area contributed by atoms with Crippen LogP contribution in [0.2, 0.25) is 0 Å². The molecule has 2 N–H and O–H groups in total. The number of hydrogen-bond donors (Lipinski definition) is 2. The summed E-state index contributed by atoms with van der Waals surface area (Å²) in [6.07, 6.45) is 3.88. The predicted octanol–water partition coefficient (Wildman–Crippen LogP) is 0.852. The van der Waals surface area contributed by atoms with Crippen LogP contribution in [0.3, 0.4) is 0 Å². The van der Waals surface area contributed by atoms with Crippen LogP contribution in [0.25, 0.3) is 10.6 Å². The highest BCUT2D eigenvalue weighted by Crippen LogP contribution is 2.22. The average molecular weight is 318 g/mol. The number of amides is 1. The van der Waals surface area contributed by atoms with Crippen LogP contribution in [0, 0.1) is 0 Å². The maximum atomic E-state index is 11.9. The number of carbonyl (C=O) groups excluding carboxylic acids is 1. The number of ether oxygens (including phenoxy) is 1. The van der Waals surface area contributed by atoms with Crippen molar-refractivity contribution in [3.05, 3.63) is 35.6 Å². The molecule has 116 valence electrons. The van der Waals surface area contributed by atoms with Gasteiger partial charge in [0.1, 0.15) is 11.1 Å². The summed E-state index contributed by atoms with van der Waals surface area (Å²) in [5.41, 5.74) is 2.00. The fourth-order valence-corrected chi connectivity index (χ4v) is 3.05. The van der Waals surface area contributed by atoms with Gasteiger partial charge < -0.3 is 15.4 Å². The third-order valence-corrected chi connectivity index (χ3v) is 4.30. The van der Waals surface area contributed by atoms with Gasteiger partial charge in [-0.15, -0.1) is 11.3 Å². The molecule has 1 saturated heterocycles. The van der Waals surface area contributed by atoms with Crippen molar-refractivity contribution in [1.82, 2.24) is 20.6 Å². The molecular formula is C15H18N4O2S. The number of aromatic nitrogens is 2. The van der Waals surface area contributed by atoms with Crippen molar-refractivity contribution >= 4 is 17.2 Å². The van der Waals surface area contributed by atoms with Gasteiger partial charge in [-0.05, 0) is 12.1 Å². The van der Waals surface area contributed by atoms with Crippen molar-refractivity contribution < 1.29 is 9.53 Å². The molecule has 0 unspecified atom stereocenters. The number of rotatable bonds is 5. The molecule has 3 heterocycles. The van der Waals surface area contributed by atoms with E-state index in [0.717, 1.165) is 22.8 Å². The molecule has 0 spiro atoms. The molecule has 1 aliphatic rings.